The van der Waals surface area contributed by atoms with Crippen LogP contribution in [0.25, 0.3) is 0 Å². The first kappa shape index (κ1) is 16.6. The highest BCUT2D eigenvalue weighted by atomic mass is 16.5. The summed E-state index contributed by atoms with van der Waals surface area (Å²) in [5.74, 6) is 1.44. The molecule has 122 valence electrons. The van der Waals surface area contributed by atoms with Crippen molar-refractivity contribution in [3.63, 3.8) is 0 Å². The van der Waals surface area contributed by atoms with Crippen LogP contribution in [0.3, 0.4) is 0 Å². The molecule has 5 nitrogen and oxygen atoms in total. The van der Waals surface area contributed by atoms with Crippen molar-refractivity contribution in [2.45, 2.75) is 38.1 Å². The molecule has 1 heterocycles. The molecule has 1 aromatic rings. The fourth-order valence-electron chi connectivity index (χ4n) is 2.85. The maximum Gasteiger partial charge on any atom is 0.232 e. The Labute approximate surface area is 132 Å². The van der Waals surface area contributed by atoms with Crippen molar-refractivity contribution < 1.29 is 14.3 Å². The summed E-state index contributed by atoms with van der Waals surface area (Å²) in [6.45, 7) is 5.36. The second-order valence-corrected chi connectivity index (χ2v) is 6.32. The highest BCUT2D eigenvalue weighted by Crippen LogP contribution is 2.34. The summed E-state index contributed by atoms with van der Waals surface area (Å²) in [5.41, 5.74) is 6.23. The summed E-state index contributed by atoms with van der Waals surface area (Å²) >= 11 is 0. The minimum absolute atomic E-state index is 0.131. The molecule has 0 atom stereocenters. The highest BCUT2D eigenvalue weighted by molar-refractivity contribution is 5.87. The molecular weight excluding hydrogens is 280 g/mol. The molecule has 22 heavy (non-hydrogen) atoms. The Kier molecular flexibility index (Phi) is 4.96. The van der Waals surface area contributed by atoms with E-state index in [1.54, 1.807) is 14.2 Å². The van der Waals surface area contributed by atoms with Crippen molar-refractivity contribution in [1.29, 1.82) is 0 Å². The molecule has 5 heteroatoms. The monoisotopic (exact) mass is 306 g/mol. The van der Waals surface area contributed by atoms with Crippen LogP contribution in [0.15, 0.2) is 18.2 Å². The van der Waals surface area contributed by atoms with Gasteiger partial charge in [-0.1, -0.05) is 6.07 Å². The van der Waals surface area contributed by atoms with Gasteiger partial charge in [0.25, 0.3) is 0 Å². The van der Waals surface area contributed by atoms with Gasteiger partial charge in [0.2, 0.25) is 5.91 Å². The van der Waals surface area contributed by atoms with E-state index in [1.165, 1.54) is 0 Å². The van der Waals surface area contributed by atoms with Gasteiger partial charge in [0.05, 0.1) is 19.6 Å². The van der Waals surface area contributed by atoms with E-state index in [0.29, 0.717) is 11.5 Å². The smallest absolute Gasteiger partial charge is 0.232 e. The van der Waals surface area contributed by atoms with Gasteiger partial charge in [-0.15, -0.1) is 0 Å². The molecule has 1 amide bonds. The second kappa shape index (κ2) is 6.57. The van der Waals surface area contributed by atoms with Crippen molar-refractivity contribution in [2.75, 3.05) is 27.3 Å². The number of rotatable bonds is 4. The number of hydrogen-bond donors (Lipinski definition) is 1. The molecule has 0 aromatic heterocycles. The fourth-order valence-corrected chi connectivity index (χ4v) is 2.85. The fraction of sp³-hybridized carbons (Fsp3) is 0.588. The number of likely N-dealkylation sites (tertiary alicyclic amines) is 1. The van der Waals surface area contributed by atoms with Crippen LogP contribution in [0.5, 0.6) is 11.5 Å². The van der Waals surface area contributed by atoms with Gasteiger partial charge in [0, 0.05) is 19.1 Å². The van der Waals surface area contributed by atoms with E-state index >= 15 is 0 Å². The van der Waals surface area contributed by atoms with Crippen molar-refractivity contribution in [3.8, 4) is 11.5 Å². The predicted octanol–water partition coefficient (Wildman–Crippen LogP) is 1.93. The molecule has 0 saturated carbocycles. The van der Waals surface area contributed by atoms with Crippen LogP contribution in [0, 0.1) is 0 Å². The normalized spacial score (nSPS) is 16.5. The maximum atomic E-state index is 12.9. The molecule has 1 aromatic carbocycles. The van der Waals surface area contributed by atoms with Crippen LogP contribution in [-0.4, -0.2) is 44.2 Å². The van der Waals surface area contributed by atoms with E-state index in [2.05, 4.69) is 0 Å². The SMILES string of the molecule is COc1ccc(C(C)(C)C(=O)N2CCC(N)CC2)cc1OC. The molecule has 0 bridgehead atoms. The molecule has 1 aliphatic rings. The first-order valence-electron chi connectivity index (χ1n) is 7.67. The van der Waals surface area contributed by atoms with Crippen LogP contribution in [0.2, 0.25) is 0 Å². The molecule has 0 aliphatic carbocycles. The maximum absolute atomic E-state index is 12.9. The van der Waals surface area contributed by atoms with Gasteiger partial charge in [0.15, 0.2) is 11.5 Å². The minimum Gasteiger partial charge on any atom is -0.493 e. The number of carbonyl (C=O) groups excluding carboxylic acids is 1. The topological polar surface area (TPSA) is 64.8 Å². The average Bonchev–Trinajstić information content (AvgIpc) is 2.54. The van der Waals surface area contributed by atoms with E-state index in [9.17, 15) is 4.79 Å². The van der Waals surface area contributed by atoms with Crippen molar-refractivity contribution in [2.24, 2.45) is 5.73 Å². The number of methoxy groups -OCH3 is 2. The van der Waals surface area contributed by atoms with E-state index in [4.69, 9.17) is 15.2 Å². The van der Waals surface area contributed by atoms with Gasteiger partial charge in [0.1, 0.15) is 0 Å². The van der Waals surface area contributed by atoms with Crippen LogP contribution in [0.1, 0.15) is 32.3 Å². The lowest BCUT2D eigenvalue weighted by Crippen LogP contribution is -2.49. The quantitative estimate of drug-likeness (QED) is 0.923. The zero-order chi connectivity index (χ0) is 16.3. The predicted molar refractivity (Wildman–Crippen MR) is 86.4 cm³/mol. The Balaban J connectivity index is 2.23. The largest absolute Gasteiger partial charge is 0.493 e. The van der Waals surface area contributed by atoms with E-state index < -0.39 is 5.41 Å². The third kappa shape index (κ3) is 3.19. The number of piperidine rings is 1. The second-order valence-electron chi connectivity index (χ2n) is 6.32. The first-order chi connectivity index (χ1) is 10.4. The van der Waals surface area contributed by atoms with Gasteiger partial charge < -0.3 is 20.1 Å². The Morgan fingerprint density at radius 1 is 1.18 bits per heavy atom. The molecule has 1 aliphatic heterocycles. The average molecular weight is 306 g/mol. The van der Waals surface area contributed by atoms with Crippen molar-refractivity contribution >= 4 is 5.91 Å². The summed E-state index contributed by atoms with van der Waals surface area (Å²) in [4.78, 5) is 14.8. The van der Waals surface area contributed by atoms with E-state index in [-0.39, 0.29) is 11.9 Å². The molecular formula is C17H26N2O3. The lowest BCUT2D eigenvalue weighted by molar-refractivity contribution is -0.137. The molecule has 2 N–H and O–H groups in total. The zero-order valence-electron chi connectivity index (χ0n) is 13.9. The van der Waals surface area contributed by atoms with Gasteiger partial charge in [-0.2, -0.15) is 0 Å². The minimum atomic E-state index is -0.610. The summed E-state index contributed by atoms with van der Waals surface area (Å²) < 4.78 is 10.6. The molecule has 0 radical (unpaired) electrons. The number of nitrogens with two attached hydrogens (primary N) is 1. The highest BCUT2D eigenvalue weighted by Gasteiger charge is 2.35. The lowest BCUT2D eigenvalue weighted by atomic mass is 9.82. The van der Waals surface area contributed by atoms with Gasteiger partial charge in [-0.05, 0) is 44.4 Å². The van der Waals surface area contributed by atoms with Crippen LogP contribution >= 0.6 is 0 Å². The van der Waals surface area contributed by atoms with E-state index in [1.807, 2.05) is 36.9 Å². The number of carbonyl (C=O) groups is 1. The Bertz CT molecular complexity index is 535. The Morgan fingerprint density at radius 3 is 2.32 bits per heavy atom. The molecule has 1 fully saturated rings. The number of benzene rings is 1. The van der Waals surface area contributed by atoms with Gasteiger partial charge >= 0.3 is 0 Å². The molecule has 1 saturated heterocycles. The molecule has 2 rings (SSSR count). The Morgan fingerprint density at radius 2 is 1.77 bits per heavy atom. The first-order valence-corrected chi connectivity index (χ1v) is 7.67. The zero-order valence-corrected chi connectivity index (χ0v) is 13.9. The van der Waals surface area contributed by atoms with Gasteiger partial charge in [-0.3, -0.25) is 4.79 Å². The van der Waals surface area contributed by atoms with Crippen molar-refractivity contribution in [3.05, 3.63) is 23.8 Å². The van der Waals surface area contributed by atoms with Crippen molar-refractivity contribution in [1.82, 2.24) is 4.90 Å². The summed E-state index contributed by atoms with van der Waals surface area (Å²) in [7, 11) is 3.20. The van der Waals surface area contributed by atoms with Gasteiger partial charge in [-0.25, -0.2) is 0 Å². The van der Waals surface area contributed by atoms with E-state index in [0.717, 1.165) is 31.5 Å². The van der Waals surface area contributed by atoms with Crippen LogP contribution < -0.4 is 15.2 Å². The third-order valence-corrected chi connectivity index (χ3v) is 4.47. The molecule has 0 unspecified atom stereocenters. The standard InChI is InChI=1S/C17H26N2O3/c1-17(2,16(20)19-9-7-13(18)8-10-19)12-5-6-14(21-3)15(11-12)22-4/h5-6,11,13H,7-10,18H2,1-4H3. The summed E-state index contributed by atoms with van der Waals surface area (Å²) in [5, 5.41) is 0. The number of ether oxygens (including phenoxy) is 2. The number of amides is 1. The number of hydrogen-bond acceptors (Lipinski definition) is 4. The van der Waals surface area contributed by atoms with Crippen LogP contribution in [-0.2, 0) is 10.2 Å². The van der Waals surface area contributed by atoms with Crippen LogP contribution in [0.4, 0.5) is 0 Å². The number of nitrogens with zero attached hydrogens (tertiary/aromatic N) is 1. The lowest BCUT2D eigenvalue weighted by Gasteiger charge is -2.36. The third-order valence-electron chi connectivity index (χ3n) is 4.47. The molecule has 0 spiro atoms. The summed E-state index contributed by atoms with van der Waals surface area (Å²) in [6.07, 6.45) is 1.74. The Hall–Kier alpha value is -1.75. The summed E-state index contributed by atoms with van der Waals surface area (Å²) in [6, 6.07) is 5.87.